The summed E-state index contributed by atoms with van der Waals surface area (Å²) in [6.07, 6.45) is 5.43. The standard InChI is InChI=1S/C17H28O4/c1-6-12-20-17(19)14(8-3)10-11-15(9-4)21-16(18)13(5)7-2/h6,9,13-15H,1,4,7-8,10-12H2,2-3,5H3. The first-order valence-corrected chi connectivity index (χ1v) is 7.60. The normalized spacial score (nSPS) is 14.6. The molecule has 0 radical (unpaired) electrons. The molecular formula is C17H28O4. The number of carbonyl (C=O) groups excluding carboxylic acids is 2. The molecule has 0 fully saturated rings. The van der Waals surface area contributed by atoms with E-state index in [1.165, 1.54) is 0 Å². The van der Waals surface area contributed by atoms with Crippen LogP contribution in [0.5, 0.6) is 0 Å². The molecule has 4 nitrogen and oxygen atoms in total. The number of carbonyl (C=O) groups is 2. The Bertz CT molecular complexity index is 349. The molecule has 3 atom stereocenters. The minimum atomic E-state index is -0.354. The van der Waals surface area contributed by atoms with E-state index in [1.54, 1.807) is 12.2 Å². The van der Waals surface area contributed by atoms with Crippen molar-refractivity contribution in [3.8, 4) is 0 Å². The van der Waals surface area contributed by atoms with Gasteiger partial charge < -0.3 is 9.47 Å². The van der Waals surface area contributed by atoms with Crippen molar-refractivity contribution in [1.82, 2.24) is 0 Å². The van der Waals surface area contributed by atoms with Crippen LogP contribution in [0.25, 0.3) is 0 Å². The maximum absolute atomic E-state index is 11.8. The fraction of sp³-hybridized carbons (Fsp3) is 0.647. The molecule has 0 aromatic heterocycles. The van der Waals surface area contributed by atoms with E-state index in [-0.39, 0.29) is 36.5 Å². The first-order chi connectivity index (χ1) is 9.99. The number of hydrogen-bond acceptors (Lipinski definition) is 4. The summed E-state index contributed by atoms with van der Waals surface area (Å²) in [6.45, 7) is 13.1. The predicted octanol–water partition coefficient (Wildman–Crippen LogP) is 3.67. The Kier molecular flexibility index (Phi) is 10.3. The lowest BCUT2D eigenvalue weighted by Crippen LogP contribution is -2.23. The van der Waals surface area contributed by atoms with Gasteiger partial charge in [-0.15, -0.1) is 0 Å². The summed E-state index contributed by atoms with van der Waals surface area (Å²) in [6, 6.07) is 0. The summed E-state index contributed by atoms with van der Waals surface area (Å²) in [5.41, 5.74) is 0. The van der Waals surface area contributed by atoms with Crippen LogP contribution in [0, 0.1) is 11.8 Å². The molecule has 0 saturated carbocycles. The summed E-state index contributed by atoms with van der Waals surface area (Å²) in [5.74, 6) is -0.750. The predicted molar refractivity (Wildman–Crippen MR) is 83.7 cm³/mol. The molecule has 0 saturated heterocycles. The molecule has 0 aliphatic carbocycles. The Balaban J connectivity index is 4.35. The molecule has 0 aromatic rings. The van der Waals surface area contributed by atoms with E-state index in [1.807, 2.05) is 20.8 Å². The molecule has 0 aliphatic heterocycles. The quantitative estimate of drug-likeness (QED) is 0.431. The van der Waals surface area contributed by atoms with E-state index in [0.717, 1.165) is 6.42 Å². The zero-order chi connectivity index (χ0) is 16.3. The zero-order valence-electron chi connectivity index (χ0n) is 13.5. The second kappa shape index (κ2) is 11.1. The fourth-order valence-corrected chi connectivity index (χ4v) is 1.77. The molecule has 3 unspecified atom stereocenters. The van der Waals surface area contributed by atoms with Crippen LogP contribution in [0.2, 0.25) is 0 Å². The molecule has 21 heavy (non-hydrogen) atoms. The van der Waals surface area contributed by atoms with Gasteiger partial charge in [0.05, 0.1) is 11.8 Å². The van der Waals surface area contributed by atoms with Gasteiger partial charge in [0.15, 0.2) is 0 Å². The lowest BCUT2D eigenvalue weighted by atomic mass is 9.98. The Morgan fingerprint density at radius 3 is 2.24 bits per heavy atom. The van der Waals surface area contributed by atoms with Crippen LogP contribution in [0.1, 0.15) is 46.5 Å². The van der Waals surface area contributed by atoms with Gasteiger partial charge in [0.2, 0.25) is 0 Å². The van der Waals surface area contributed by atoms with Crippen molar-refractivity contribution in [2.45, 2.75) is 52.6 Å². The Morgan fingerprint density at radius 2 is 1.76 bits per heavy atom. The Hall–Kier alpha value is -1.58. The molecule has 0 bridgehead atoms. The van der Waals surface area contributed by atoms with E-state index >= 15 is 0 Å². The number of ether oxygens (including phenoxy) is 2. The van der Waals surface area contributed by atoms with Crippen molar-refractivity contribution in [2.75, 3.05) is 6.61 Å². The molecule has 120 valence electrons. The summed E-state index contributed by atoms with van der Waals surface area (Å²) in [4.78, 5) is 23.6. The van der Waals surface area contributed by atoms with Crippen LogP contribution in [0.3, 0.4) is 0 Å². The van der Waals surface area contributed by atoms with Crippen LogP contribution in [-0.2, 0) is 19.1 Å². The van der Waals surface area contributed by atoms with Crippen LogP contribution in [0.4, 0.5) is 0 Å². The average molecular weight is 296 g/mol. The van der Waals surface area contributed by atoms with Crippen molar-refractivity contribution >= 4 is 11.9 Å². The highest BCUT2D eigenvalue weighted by Gasteiger charge is 2.21. The zero-order valence-corrected chi connectivity index (χ0v) is 13.5. The molecule has 0 aliphatic rings. The van der Waals surface area contributed by atoms with Gasteiger partial charge in [0, 0.05) is 0 Å². The monoisotopic (exact) mass is 296 g/mol. The summed E-state index contributed by atoms with van der Waals surface area (Å²) >= 11 is 0. The summed E-state index contributed by atoms with van der Waals surface area (Å²) in [5, 5.41) is 0. The van der Waals surface area contributed by atoms with Gasteiger partial charge in [-0.1, -0.05) is 46.1 Å². The molecule has 0 spiro atoms. The number of esters is 2. The molecular weight excluding hydrogens is 268 g/mol. The van der Waals surface area contributed by atoms with Crippen LogP contribution in [0.15, 0.2) is 25.3 Å². The topological polar surface area (TPSA) is 52.6 Å². The van der Waals surface area contributed by atoms with E-state index in [9.17, 15) is 9.59 Å². The molecule has 0 amide bonds. The SMILES string of the molecule is C=CCOC(=O)C(CC)CCC(C=C)OC(=O)C(C)CC. The molecule has 0 N–H and O–H groups in total. The van der Waals surface area contributed by atoms with E-state index in [4.69, 9.17) is 9.47 Å². The van der Waals surface area contributed by atoms with E-state index in [2.05, 4.69) is 13.2 Å². The van der Waals surface area contributed by atoms with Gasteiger partial charge >= 0.3 is 11.9 Å². The second-order valence-electron chi connectivity index (χ2n) is 5.12. The lowest BCUT2D eigenvalue weighted by molar-refractivity contribution is -0.152. The first-order valence-electron chi connectivity index (χ1n) is 7.60. The third kappa shape index (κ3) is 7.69. The molecule has 4 heteroatoms. The van der Waals surface area contributed by atoms with E-state index in [0.29, 0.717) is 19.3 Å². The van der Waals surface area contributed by atoms with Crippen molar-refractivity contribution in [2.24, 2.45) is 11.8 Å². The Labute approximate surface area is 128 Å². The third-order valence-electron chi connectivity index (χ3n) is 3.51. The number of hydrogen-bond donors (Lipinski definition) is 0. The maximum atomic E-state index is 11.8. The highest BCUT2D eigenvalue weighted by Crippen LogP contribution is 2.18. The van der Waals surface area contributed by atoms with Crippen LogP contribution < -0.4 is 0 Å². The summed E-state index contributed by atoms with van der Waals surface area (Å²) in [7, 11) is 0. The molecule has 0 heterocycles. The van der Waals surface area contributed by atoms with Crippen molar-refractivity contribution in [1.29, 1.82) is 0 Å². The first kappa shape index (κ1) is 19.4. The lowest BCUT2D eigenvalue weighted by Gasteiger charge is -2.19. The average Bonchev–Trinajstić information content (AvgIpc) is 2.50. The van der Waals surface area contributed by atoms with Gasteiger partial charge in [-0.05, 0) is 25.7 Å². The van der Waals surface area contributed by atoms with Crippen LogP contribution >= 0.6 is 0 Å². The minimum Gasteiger partial charge on any atom is -0.461 e. The highest BCUT2D eigenvalue weighted by atomic mass is 16.5. The fourth-order valence-electron chi connectivity index (χ4n) is 1.77. The Morgan fingerprint density at radius 1 is 1.10 bits per heavy atom. The van der Waals surface area contributed by atoms with Crippen LogP contribution in [-0.4, -0.2) is 24.6 Å². The minimum absolute atomic E-state index is 0.119. The van der Waals surface area contributed by atoms with Crippen molar-refractivity contribution in [3.05, 3.63) is 25.3 Å². The second-order valence-corrected chi connectivity index (χ2v) is 5.12. The molecule has 0 rings (SSSR count). The maximum Gasteiger partial charge on any atom is 0.309 e. The largest absolute Gasteiger partial charge is 0.461 e. The highest BCUT2D eigenvalue weighted by molar-refractivity contribution is 5.73. The van der Waals surface area contributed by atoms with Crippen molar-refractivity contribution < 1.29 is 19.1 Å². The van der Waals surface area contributed by atoms with Gasteiger partial charge in [0.25, 0.3) is 0 Å². The summed E-state index contributed by atoms with van der Waals surface area (Å²) < 4.78 is 10.4. The smallest absolute Gasteiger partial charge is 0.309 e. The van der Waals surface area contributed by atoms with Gasteiger partial charge in [-0.2, -0.15) is 0 Å². The van der Waals surface area contributed by atoms with E-state index < -0.39 is 0 Å². The molecule has 0 aromatic carbocycles. The van der Waals surface area contributed by atoms with Gasteiger partial charge in [-0.3, -0.25) is 9.59 Å². The van der Waals surface area contributed by atoms with Crippen molar-refractivity contribution in [3.63, 3.8) is 0 Å². The number of rotatable bonds is 11. The van der Waals surface area contributed by atoms with Gasteiger partial charge in [-0.25, -0.2) is 0 Å². The van der Waals surface area contributed by atoms with Gasteiger partial charge in [0.1, 0.15) is 12.7 Å². The third-order valence-corrected chi connectivity index (χ3v) is 3.51.